The van der Waals surface area contributed by atoms with Crippen LogP contribution in [0.15, 0.2) is 80.9 Å². The Labute approximate surface area is 157 Å². The fourth-order valence-electron chi connectivity index (χ4n) is 2.04. The van der Waals surface area contributed by atoms with Gasteiger partial charge in [-0.15, -0.1) is 0 Å². The minimum atomic E-state index is -0.454. The van der Waals surface area contributed by atoms with Gasteiger partial charge in [0.15, 0.2) is 5.76 Å². The van der Waals surface area contributed by atoms with Crippen LogP contribution in [0.2, 0.25) is 0 Å². The number of hydrogen-bond donors (Lipinski definition) is 1. The number of benzene rings is 2. The number of hydrogen-bond acceptors (Lipinski definition) is 5. The third kappa shape index (κ3) is 4.46. The molecule has 1 N–H and O–H groups in total. The van der Waals surface area contributed by atoms with Gasteiger partial charge in [0.25, 0.3) is 0 Å². The highest BCUT2D eigenvalue weighted by atomic mass is 79.9. The molecule has 0 spiro atoms. The first-order valence-corrected chi connectivity index (χ1v) is 8.36. The molecular weight excluding hydrogens is 400 g/mol. The van der Waals surface area contributed by atoms with E-state index in [0.717, 1.165) is 5.56 Å². The number of amides is 1. The van der Waals surface area contributed by atoms with Gasteiger partial charge in [-0.3, -0.25) is 4.79 Å². The zero-order valence-corrected chi connectivity index (χ0v) is 15.0. The summed E-state index contributed by atoms with van der Waals surface area (Å²) in [5, 5.41) is 3.85. The van der Waals surface area contributed by atoms with Gasteiger partial charge >= 0.3 is 11.9 Å². The Kier molecular flexibility index (Phi) is 5.60. The molecule has 0 saturated carbocycles. The van der Waals surface area contributed by atoms with Gasteiger partial charge in [0, 0.05) is 4.47 Å². The molecule has 0 aliphatic rings. The first-order chi connectivity index (χ1) is 12.6. The van der Waals surface area contributed by atoms with Gasteiger partial charge in [0.05, 0.1) is 18.0 Å². The number of nitrogens with zero attached hydrogens (tertiary/aromatic N) is 1. The van der Waals surface area contributed by atoms with Crippen molar-refractivity contribution < 1.29 is 18.7 Å². The van der Waals surface area contributed by atoms with Crippen LogP contribution in [-0.4, -0.2) is 18.1 Å². The molecule has 0 atom stereocenters. The molecule has 1 aromatic heterocycles. The Morgan fingerprint density at radius 2 is 1.81 bits per heavy atom. The lowest BCUT2D eigenvalue weighted by molar-refractivity contribution is 0.0733. The Bertz CT molecular complexity index is 934. The molecule has 3 rings (SSSR count). The predicted octanol–water partition coefficient (Wildman–Crippen LogP) is 4.03. The summed E-state index contributed by atoms with van der Waals surface area (Å²) in [6.45, 7) is 0. The van der Waals surface area contributed by atoms with Gasteiger partial charge < -0.3 is 9.15 Å². The number of furan rings is 1. The molecule has 0 unspecified atom stereocenters. The summed E-state index contributed by atoms with van der Waals surface area (Å²) in [6, 6.07) is 16.9. The lowest BCUT2D eigenvalue weighted by Crippen LogP contribution is -2.16. The zero-order chi connectivity index (χ0) is 18.4. The third-order valence-corrected chi connectivity index (χ3v) is 4.00. The molecule has 0 radical (unpaired) electrons. The number of carbonyl (C=O) groups excluding carboxylic acids is 2. The second-order valence-electron chi connectivity index (χ2n) is 5.11. The minimum absolute atomic E-state index is 0.177. The van der Waals surface area contributed by atoms with Crippen LogP contribution in [0.1, 0.15) is 26.5 Å². The van der Waals surface area contributed by atoms with E-state index in [1.165, 1.54) is 12.5 Å². The highest BCUT2D eigenvalue weighted by Gasteiger charge is 2.11. The third-order valence-electron chi connectivity index (χ3n) is 3.31. The fraction of sp³-hybridized carbons (Fsp3) is 0. The summed E-state index contributed by atoms with van der Waals surface area (Å²) in [6.07, 6.45) is 2.88. The van der Waals surface area contributed by atoms with Crippen molar-refractivity contribution in [1.29, 1.82) is 0 Å². The van der Waals surface area contributed by atoms with Crippen molar-refractivity contribution >= 4 is 34.0 Å². The average molecular weight is 413 g/mol. The monoisotopic (exact) mass is 412 g/mol. The van der Waals surface area contributed by atoms with E-state index in [1.54, 1.807) is 54.6 Å². The second-order valence-corrected chi connectivity index (χ2v) is 5.97. The highest BCUT2D eigenvalue weighted by Crippen LogP contribution is 2.19. The molecule has 0 aliphatic carbocycles. The molecule has 0 bridgehead atoms. The maximum Gasteiger partial charge on any atom is 0.344 e. The Hall–Kier alpha value is -3.19. The van der Waals surface area contributed by atoms with Crippen molar-refractivity contribution in [3.8, 4) is 5.75 Å². The molecule has 0 saturated heterocycles. The molecule has 130 valence electrons. The van der Waals surface area contributed by atoms with Crippen molar-refractivity contribution in [3.63, 3.8) is 0 Å². The van der Waals surface area contributed by atoms with Crippen molar-refractivity contribution in [2.75, 3.05) is 0 Å². The molecule has 26 heavy (non-hydrogen) atoms. The molecule has 1 amide bonds. The maximum atomic E-state index is 12.1. The number of rotatable bonds is 5. The van der Waals surface area contributed by atoms with Crippen LogP contribution in [-0.2, 0) is 0 Å². The summed E-state index contributed by atoms with van der Waals surface area (Å²) in [5.74, 6) is -0.311. The van der Waals surface area contributed by atoms with Crippen LogP contribution in [0.3, 0.4) is 0 Å². The first kappa shape index (κ1) is 17.6. The Morgan fingerprint density at radius 1 is 1.04 bits per heavy atom. The first-order valence-electron chi connectivity index (χ1n) is 7.57. The summed E-state index contributed by atoms with van der Waals surface area (Å²) in [5.41, 5.74) is 3.52. The molecule has 1 heterocycles. The van der Waals surface area contributed by atoms with Gasteiger partial charge in [-0.25, -0.2) is 10.2 Å². The van der Waals surface area contributed by atoms with Gasteiger partial charge in [-0.05, 0) is 70.0 Å². The van der Waals surface area contributed by atoms with E-state index < -0.39 is 11.9 Å². The van der Waals surface area contributed by atoms with Crippen LogP contribution in [0, 0.1) is 0 Å². The molecule has 7 heteroatoms. The standard InChI is InChI=1S/C19H13BrN2O4/c20-16-5-2-1-4-15(16)19(24)26-14-9-7-13(8-10-14)12-21-22-18(23)17-6-3-11-25-17/h1-12H,(H,22,23)/b21-12-. The quantitative estimate of drug-likeness (QED) is 0.297. The van der Waals surface area contributed by atoms with Crippen LogP contribution in [0.5, 0.6) is 5.75 Å². The van der Waals surface area contributed by atoms with Crippen LogP contribution in [0.4, 0.5) is 0 Å². The van der Waals surface area contributed by atoms with Gasteiger partial charge in [-0.2, -0.15) is 5.10 Å². The fourth-order valence-corrected chi connectivity index (χ4v) is 2.49. The van der Waals surface area contributed by atoms with E-state index in [0.29, 0.717) is 15.8 Å². The number of nitrogens with one attached hydrogen (secondary N) is 1. The molecular formula is C19H13BrN2O4. The SMILES string of the molecule is O=C(N/N=C\c1ccc(OC(=O)c2ccccc2Br)cc1)c1ccco1. The summed E-state index contributed by atoms with van der Waals surface area (Å²) in [7, 11) is 0. The number of carbonyl (C=O) groups is 2. The summed E-state index contributed by atoms with van der Waals surface area (Å²) >= 11 is 3.32. The molecule has 6 nitrogen and oxygen atoms in total. The summed E-state index contributed by atoms with van der Waals surface area (Å²) in [4.78, 5) is 23.8. The molecule has 0 fully saturated rings. The zero-order valence-electron chi connectivity index (χ0n) is 13.4. The van der Waals surface area contributed by atoms with E-state index in [9.17, 15) is 9.59 Å². The van der Waals surface area contributed by atoms with E-state index >= 15 is 0 Å². The topological polar surface area (TPSA) is 80.9 Å². The Morgan fingerprint density at radius 3 is 2.50 bits per heavy atom. The Balaban J connectivity index is 1.58. The summed E-state index contributed by atoms with van der Waals surface area (Å²) < 4.78 is 11.0. The second kappa shape index (κ2) is 8.26. The van der Waals surface area contributed by atoms with Crippen LogP contribution < -0.4 is 10.2 Å². The average Bonchev–Trinajstić information content (AvgIpc) is 3.18. The largest absolute Gasteiger partial charge is 0.459 e. The van der Waals surface area contributed by atoms with Gasteiger partial charge in [-0.1, -0.05) is 12.1 Å². The predicted molar refractivity (Wildman–Crippen MR) is 99.3 cm³/mol. The van der Waals surface area contributed by atoms with E-state index in [4.69, 9.17) is 9.15 Å². The number of hydrazone groups is 1. The van der Waals surface area contributed by atoms with E-state index in [1.807, 2.05) is 6.07 Å². The van der Waals surface area contributed by atoms with E-state index in [2.05, 4.69) is 26.5 Å². The minimum Gasteiger partial charge on any atom is -0.459 e. The molecule has 2 aromatic carbocycles. The van der Waals surface area contributed by atoms with Gasteiger partial charge in [0.1, 0.15) is 5.75 Å². The van der Waals surface area contributed by atoms with Crippen LogP contribution >= 0.6 is 15.9 Å². The van der Waals surface area contributed by atoms with Crippen molar-refractivity contribution in [2.24, 2.45) is 5.10 Å². The smallest absolute Gasteiger partial charge is 0.344 e. The normalized spacial score (nSPS) is 10.7. The molecule has 3 aromatic rings. The van der Waals surface area contributed by atoms with Crippen molar-refractivity contribution in [2.45, 2.75) is 0 Å². The highest BCUT2D eigenvalue weighted by molar-refractivity contribution is 9.10. The lowest BCUT2D eigenvalue weighted by atomic mass is 10.2. The van der Waals surface area contributed by atoms with Crippen molar-refractivity contribution in [3.05, 3.63) is 88.3 Å². The lowest BCUT2D eigenvalue weighted by Gasteiger charge is -2.06. The van der Waals surface area contributed by atoms with Crippen LogP contribution in [0.25, 0.3) is 0 Å². The number of halogens is 1. The van der Waals surface area contributed by atoms with E-state index in [-0.39, 0.29) is 5.76 Å². The van der Waals surface area contributed by atoms with Crippen molar-refractivity contribution in [1.82, 2.24) is 5.43 Å². The number of esters is 1. The van der Waals surface area contributed by atoms with Gasteiger partial charge in [0.2, 0.25) is 0 Å². The number of ether oxygens (including phenoxy) is 1. The molecule has 0 aliphatic heterocycles. The maximum absolute atomic E-state index is 12.1.